The third kappa shape index (κ3) is 3.45. The normalized spacial score (nSPS) is 14.2. The van der Waals surface area contributed by atoms with Crippen LogP contribution < -0.4 is 27.6 Å². The van der Waals surface area contributed by atoms with Gasteiger partial charge in [0.05, 0.1) is 6.54 Å². The van der Waals surface area contributed by atoms with Gasteiger partial charge in [0.2, 0.25) is 11.9 Å². The number of hydrazine groups is 1. The Morgan fingerprint density at radius 3 is 2.76 bits per heavy atom. The Kier molecular flexibility index (Phi) is 3.24. The second-order valence-corrected chi connectivity index (χ2v) is 3.84. The summed E-state index contributed by atoms with van der Waals surface area (Å²) in [5, 5.41) is 5.71. The Morgan fingerprint density at radius 2 is 2.12 bits per heavy atom. The highest BCUT2D eigenvalue weighted by atomic mass is 16.2. The lowest BCUT2D eigenvalue weighted by molar-refractivity contribution is -0.119. The third-order valence-electron chi connectivity index (χ3n) is 2.26. The van der Waals surface area contributed by atoms with Gasteiger partial charge in [-0.15, -0.1) is 0 Å². The Hall–Kier alpha value is -2.09. The van der Waals surface area contributed by atoms with Gasteiger partial charge in [-0.05, 0) is 12.8 Å². The van der Waals surface area contributed by atoms with Crippen molar-refractivity contribution in [3.63, 3.8) is 0 Å². The van der Waals surface area contributed by atoms with E-state index in [0.717, 1.165) is 12.8 Å². The van der Waals surface area contributed by atoms with Crippen molar-refractivity contribution in [2.75, 3.05) is 23.0 Å². The molecule has 8 heteroatoms. The highest BCUT2D eigenvalue weighted by Crippen LogP contribution is 2.18. The minimum absolute atomic E-state index is 0.0630. The minimum Gasteiger partial charge on any atom is -0.368 e. The third-order valence-corrected chi connectivity index (χ3v) is 2.26. The lowest BCUT2D eigenvalue weighted by Gasteiger charge is -2.08. The summed E-state index contributed by atoms with van der Waals surface area (Å²) in [6, 6.07) is 1.92. The molecule has 0 atom stereocenters. The van der Waals surface area contributed by atoms with Crippen molar-refractivity contribution >= 4 is 23.5 Å². The molecule has 7 N–H and O–H groups in total. The molecule has 1 amide bonds. The fourth-order valence-electron chi connectivity index (χ4n) is 1.31. The number of hydrogen-bond acceptors (Lipinski definition) is 7. The molecule has 1 aliphatic rings. The lowest BCUT2D eigenvalue weighted by atomic mass is 10.5. The van der Waals surface area contributed by atoms with Crippen LogP contribution in [0.15, 0.2) is 6.07 Å². The van der Waals surface area contributed by atoms with Crippen LogP contribution in [0.3, 0.4) is 0 Å². The van der Waals surface area contributed by atoms with Gasteiger partial charge in [0, 0.05) is 12.1 Å². The zero-order valence-electron chi connectivity index (χ0n) is 9.23. The van der Waals surface area contributed by atoms with Gasteiger partial charge < -0.3 is 21.8 Å². The molecule has 2 rings (SSSR count). The van der Waals surface area contributed by atoms with Crippen molar-refractivity contribution < 1.29 is 4.79 Å². The maximum atomic E-state index is 11.4. The maximum Gasteiger partial charge on any atom is 0.239 e. The molecule has 1 heterocycles. The van der Waals surface area contributed by atoms with E-state index in [0.29, 0.717) is 17.7 Å². The zero-order valence-corrected chi connectivity index (χ0v) is 9.23. The quantitative estimate of drug-likeness (QED) is 0.329. The highest BCUT2D eigenvalue weighted by Gasteiger charge is 2.22. The van der Waals surface area contributed by atoms with Crippen molar-refractivity contribution in [3.8, 4) is 0 Å². The summed E-state index contributed by atoms with van der Waals surface area (Å²) in [5.74, 6) is 6.09. The predicted molar refractivity (Wildman–Crippen MR) is 63.9 cm³/mol. The predicted octanol–water partition coefficient (Wildman–Crippen LogP) is -0.965. The molecule has 92 valence electrons. The van der Waals surface area contributed by atoms with E-state index in [4.69, 9.17) is 11.6 Å². The number of amides is 1. The summed E-state index contributed by atoms with van der Waals surface area (Å²) in [7, 11) is 0. The molecule has 0 aliphatic heterocycles. The van der Waals surface area contributed by atoms with E-state index in [-0.39, 0.29) is 18.4 Å². The first-order valence-electron chi connectivity index (χ1n) is 5.32. The van der Waals surface area contributed by atoms with Crippen LogP contribution >= 0.6 is 0 Å². The summed E-state index contributed by atoms with van der Waals surface area (Å²) in [4.78, 5) is 19.2. The summed E-state index contributed by atoms with van der Waals surface area (Å²) >= 11 is 0. The number of rotatable bonds is 5. The molecular formula is C9H15N7O. The smallest absolute Gasteiger partial charge is 0.239 e. The van der Waals surface area contributed by atoms with E-state index in [1.54, 1.807) is 6.07 Å². The number of nitrogens with one attached hydrogen (secondary N) is 3. The first-order chi connectivity index (χ1) is 8.17. The van der Waals surface area contributed by atoms with Crippen LogP contribution in [-0.2, 0) is 4.79 Å². The highest BCUT2D eigenvalue weighted by molar-refractivity contribution is 5.81. The van der Waals surface area contributed by atoms with Crippen LogP contribution in [0.2, 0.25) is 0 Å². The van der Waals surface area contributed by atoms with Crippen LogP contribution in [0.4, 0.5) is 17.6 Å². The van der Waals surface area contributed by atoms with Gasteiger partial charge in [-0.3, -0.25) is 4.79 Å². The summed E-state index contributed by atoms with van der Waals surface area (Å²) < 4.78 is 0. The summed E-state index contributed by atoms with van der Waals surface area (Å²) in [6.07, 6.45) is 2.13. The van der Waals surface area contributed by atoms with Crippen molar-refractivity contribution in [3.05, 3.63) is 6.07 Å². The molecule has 0 saturated heterocycles. The molecule has 0 spiro atoms. The standard InChI is InChI=1S/C9H15N7O/c10-9-14-6(3-7(15-9)16-11)12-4-8(17)13-5-1-2-5/h3,5H,1-2,4,11H2,(H,13,17)(H4,10,12,14,15,16). The number of aromatic nitrogens is 2. The van der Waals surface area contributed by atoms with Crippen molar-refractivity contribution in [2.45, 2.75) is 18.9 Å². The average Bonchev–Trinajstić information content (AvgIpc) is 3.09. The van der Waals surface area contributed by atoms with E-state index in [1.807, 2.05) is 0 Å². The molecule has 17 heavy (non-hydrogen) atoms. The monoisotopic (exact) mass is 237 g/mol. The lowest BCUT2D eigenvalue weighted by Crippen LogP contribution is -2.31. The maximum absolute atomic E-state index is 11.4. The van der Waals surface area contributed by atoms with Crippen molar-refractivity contribution in [1.29, 1.82) is 0 Å². The first kappa shape index (κ1) is 11.4. The largest absolute Gasteiger partial charge is 0.368 e. The van der Waals surface area contributed by atoms with Crippen LogP contribution in [0, 0.1) is 0 Å². The number of hydrogen-bond donors (Lipinski definition) is 5. The minimum atomic E-state index is -0.0630. The van der Waals surface area contributed by atoms with E-state index in [9.17, 15) is 4.79 Å². The molecule has 0 bridgehead atoms. The van der Waals surface area contributed by atoms with Crippen molar-refractivity contribution in [2.24, 2.45) is 5.84 Å². The van der Waals surface area contributed by atoms with Crippen LogP contribution in [0.25, 0.3) is 0 Å². The number of nitrogen functional groups attached to an aromatic ring is 2. The molecule has 0 aromatic carbocycles. The van der Waals surface area contributed by atoms with Gasteiger partial charge in [-0.1, -0.05) is 0 Å². The van der Waals surface area contributed by atoms with Gasteiger partial charge in [0.15, 0.2) is 0 Å². The fourth-order valence-corrected chi connectivity index (χ4v) is 1.31. The Bertz CT molecular complexity index is 418. The van der Waals surface area contributed by atoms with Gasteiger partial charge in [0.1, 0.15) is 11.6 Å². The van der Waals surface area contributed by atoms with Crippen LogP contribution in [-0.4, -0.2) is 28.5 Å². The second kappa shape index (κ2) is 4.83. The van der Waals surface area contributed by atoms with E-state index >= 15 is 0 Å². The molecule has 1 aromatic rings. The second-order valence-electron chi connectivity index (χ2n) is 3.84. The molecule has 0 unspecified atom stereocenters. The summed E-state index contributed by atoms with van der Waals surface area (Å²) in [5.41, 5.74) is 7.84. The Balaban J connectivity index is 1.88. The molecule has 1 aromatic heterocycles. The zero-order chi connectivity index (χ0) is 12.3. The molecule has 1 saturated carbocycles. The first-order valence-corrected chi connectivity index (χ1v) is 5.32. The SMILES string of the molecule is NNc1cc(NCC(=O)NC2CC2)nc(N)n1. The molecule has 8 nitrogen and oxygen atoms in total. The fraction of sp³-hybridized carbons (Fsp3) is 0.444. The van der Waals surface area contributed by atoms with Crippen LogP contribution in [0.1, 0.15) is 12.8 Å². The van der Waals surface area contributed by atoms with Gasteiger partial charge >= 0.3 is 0 Å². The molecule has 1 aliphatic carbocycles. The number of nitrogens with two attached hydrogens (primary N) is 2. The van der Waals surface area contributed by atoms with Crippen LogP contribution in [0.5, 0.6) is 0 Å². The molecular weight excluding hydrogens is 222 g/mol. The topological polar surface area (TPSA) is 131 Å². The molecule has 0 radical (unpaired) electrons. The summed E-state index contributed by atoms with van der Waals surface area (Å²) in [6.45, 7) is 0.150. The average molecular weight is 237 g/mol. The number of nitrogens with zero attached hydrogens (tertiary/aromatic N) is 2. The van der Waals surface area contributed by atoms with E-state index < -0.39 is 0 Å². The van der Waals surface area contributed by atoms with Gasteiger partial charge in [0.25, 0.3) is 0 Å². The van der Waals surface area contributed by atoms with Crippen molar-refractivity contribution in [1.82, 2.24) is 15.3 Å². The van der Waals surface area contributed by atoms with Gasteiger partial charge in [-0.25, -0.2) is 5.84 Å². The van der Waals surface area contributed by atoms with Gasteiger partial charge in [-0.2, -0.15) is 9.97 Å². The Labute approximate surface area is 98.2 Å². The molecule has 1 fully saturated rings. The number of carbonyl (C=O) groups excluding carboxylic acids is 1. The van der Waals surface area contributed by atoms with E-state index in [1.165, 1.54) is 0 Å². The number of carbonyl (C=O) groups is 1. The Morgan fingerprint density at radius 1 is 1.41 bits per heavy atom. The van der Waals surface area contributed by atoms with E-state index in [2.05, 4.69) is 26.0 Å². The number of anilines is 3.